The summed E-state index contributed by atoms with van der Waals surface area (Å²) in [4.78, 5) is 0. The monoisotopic (exact) mass is 534 g/mol. The van der Waals surface area contributed by atoms with Crippen LogP contribution in [0.5, 0.6) is 0 Å². The van der Waals surface area contributed by atoms with E-state index in [0.29, 0.717) is 0 Å². The van der Waals surface area contributed by atoms with Crippen LogP contribution >= 0.6 is 0 Å². The number of hydrogen-bond donors (Lipinski definition) is 0. The third-order valence-electron chi connectivity index (χ3n) is 8.68. The second kappa shape index (κ2) is 8.95. The quantitative estimate of drug-likeness (QED) is 0.200. The molecule has 0 bridgehead atoms. The van der Waals surface area contributed by atoms with E-state index in [9.17, 15) is 0 Å². The van der Waals surface area contributed by atoms with Gasteiger partial charge in [-0.1, -0.05) is 97.1 Å². The fraction of sp³-hybridized carbons (Fsp3) is 0. The third kappa shape index (κ3) is 3.45. The Labute approximate surface area is 243 Å². The van der Waals surface area contributed by atoms with E-state index in [2.05, 4.69) is 167 Å². The topological polar surface area (TPSA) is 9.86 Å². The van der Waals surface area contributed by atoms with Crippen LogP contribution in [0.15, 0.2) is 158 Å². The van der Waals surface area contributed by atoms with Gasteiger partial charge in [-0.15, -0.1) is 0 Å². The standard InChI is InChI=1S/C40H26N2/c1-2-10-35(11-3-1)42-38-13-7-6-12-36(38)37-21-18-28-22-23-41(39(28)40(37)42)34-19-16-27(17-20-34)31-14-15-32-24-29-8-4-5-9-30(29)25-33(32)26-31/h1-26H. The van der Waals surface area contributed by atoms with Crippen LogP contribution in [0.2, 0.25) is 0 Å². The van der Waals surface area contributed by atoms with Gasteiger partial charge in [0, 0.05) is 33.7 Å². The molecule has 0 aliphatic carbocycles. The highest BCUT2D eigenvalue weighted by atomic mass is 15.0. The van der Waals surface area contributed by atoms with Crippen LogP contribution in [0.25, 0.3) is 76.8 Å². The van der Waals surface area contributed by atoms with Crippen molar-refractivity contribution in [1.29, 1.82) is 0 Å². The SMILES string of the molecule is c1ccc(-n2c3ccccc3c3ccc4ccn(-c5ccc(-c6ccc7cc8ccccc8cc7c6)cc5)c4c32)cc1. The lowest BCUT2D eigenvalue weighted by Gasteiger charge is -2.12. The molecule has 2 heterocycles. The first-order valence-corrected chi connectivity index (χ1v) is 14.4. The Morgan fingerprint density at radius 1 is 0.357 bits per heavy atom. The van der Waals surface area contributed by atoms with E-state index in [1.165, 1.54) is 71.1 Å². The maximum absolute atomic E-state index is 2.41. The Kier molecular flexibility index (Phi) is 4.93. The molecule has 0 unspecified atom stereocenters. The summed E-state index contributed by atoms with van der Waals surface area (Å²) < 4.78 is 4.75. The summed E-state index contributed by atoms with van der Waals surface area (Å²) in [7, 11) is 0. The predicted octanol–water partition coefficient (Wildman–Crippen LogP) is 10.7. The molecule has 0 aliphatic heterocycles. The summed E-state index contributed by atoms with van der Waals surface area (Å²) in [5, 5.41) is 8.85. The second-order valence-electron chi connectivity index (χ2n) is 11.1. The molecule has 196 valence electrons. The Morgan fingerprint density at radius 2 is 1.02 bits per heavy atom. The molecule has 7 aromatic carbocycles. The van der Waals surface area contributed by atoms with Gasteiger partial charge in [-0.3, -0.25) is 0 Å². The zero-order valence-corrected chi connectivity index (χ0v) is 22.9. The summed E-state index contributed by atoms with van der Waals surface area (Å²) in [6, 6.07) is 55.1. The summed E-state index contributed by atoms with van der Waals surface area (Å²) in [5.41, 5.74) is 8.44. The van der Waals surface area contributed by atoms with Crippen molar-refractivity contribution in [3.05, 3.63) is 158 Å². The summed E-state index contributed by atoms with van der Waals surface area (Å²) in [6.07, 6.45) is 2.20. The molecule has 0 saturated carbocycles. The molecule has 0 radical (unpaired) electrons. The van der Waals surface area contributed by atoms with Gasteiger partial charge in [0.15, 0.2) is 0 Å². The van der Waals surface area contributed by atoms with E-state index >= 15 is 0 Å². The zero-order valence-electron chi connectivity index (χ0n) is 22.9. The lowest BCUT2D eigenvalue weighted by atomic mass is 9.98. The van der Waals surface area contributed by atoms with Gasteiger partial charge in [0.05, 0.1) is 16.6 Å². The highest BCUT2D eigenvalue weighted by molar-refractivity contribution is 6.18. The van der Waals surface area contributed by atoms with E-state index in [1.54, 1.807) is 0 Å². The predicted molar refractivity (Wildman–Crippen MR) is 178 cm³/mol. The number of para-hydroxylation sites is 2. The van der Waals surface area contributed by atoms with E-state index in [4.69, 9.17) is 0 Å². The number of aromatic nitrogens is 2. The van der Waals surface area contributed by atoms with Crippen LogP contribution < -0.4 is 0 Å². The van der Waals surface area contributed by atoms with Gasteiger partial charge in [0.1, 0.15) is 0 Å². The zero-order chi connectivity index (χ0) is 27.6. The van der Waals surface area contributed by atoms with Gasteiger partial charge in [0.2, 0.25) is 0 Å². The summed E-state index contributed by atoms with van der Waals surface area (Å²) in [6.45, 7) is 0. The molecule has 0 spiro atoms. The minimum absolute atomic E-state index is 1.15. The number of hydrogen-bond acceptors (Lipinski definition) is 0. The molecule has 0 atom stereocenters. The Morgan fingerprint density at radius 3 is 1.86 bits per heavy atom. The van der Waals surface area contributed by atoms with Crippen LogP contribution in [-0.2, 0) is 0 Å². The molecule has 0 amide bonds. The first kappa shape index (κ1) is 23.1. The Hall–Kier alpha value is -5.60. The Balaban J connectivity index is 1.21. The van der Waals surface area contributed by atoms with Crippen molar-refractivity contribution in [2.45, 2.75) is 0 Å². The van der Waals surface area contributed by atoms with Crippen molar-refractivity contribution in [1.82, 2.24) is 9.13 Å². The minimum atomic E-state index is 1.15. The van der Waals surface area contributed by atoms with Crippen LogP contribution in [0.1, 0.15) is 0 Å². The molecule has 0 saturated heterocycles. The van der Waals surface area contributed by atoms with Crippen molar-refractivity contribution >= 4 is 54.3 Å². The smallest absolute Gasteiger partial charge is 0.0788 e. The van der Waals surface area contributed by atoms with Gasteiger partial charge < -0.3 is 9.13 Å². The average molecular weight is 535 g/mol. The molecule has 0 N–H and O–H groups in total. The van der Waals surface area contributed by atoms with Crippen molar-refractivity contribution in [2.24, 2.45) is 0 Å². The maximum Gasteiger partial charge on any atom is 0.0788 e. The van der Waals surface area contributed by atoms with Crippen molar-refractivity contribution in [3.63, 3.8) is 0 Å². The average Bonchev–Trinajstić information content (AvgIpc) is 3.63. The number of fused-ring (bicyclic) bond motifs is 7. The van der Waals surface area contributed by atoms with Gasteiger partial charge in [0.25, 0.3) is 0 Å². The molecule has 9 aromatic rings. The number of rotatable bonds is 3. The number of benzene rings is 7. The molecular weight excluding hydrogens is 508 g/mol. The molecular formula is C40H26N2. The van der Waals surface area contributed by atoms with Crippen LogP contribution in [-0.4, -0.2) is 9.13 Å². The molecule has 9 rings (SSSR count). The van der Waals surface area contributed by atoms with E-state index in [0.717, 1.165) is 5.69 Å². The molecule has 2 aromatic heterocycles. The summed E-state index contributed by atoms with van der Waals surface area (Å²) in [5.74, 6) is 0. The van der Waals surface area contributed by atoms with Gasteiger partial charge >= 0.3 is 0 Å². The van der Waals surface area contributed by atoms with Crippen LogP contribution in [0, 0.1) is 0 Å². The lowest BCUT2D eigenvalue weighted by Crippen LogP contribution is -1.97. The van der Waals surface area contributed by atoms with Crippen molar-refractivity contribution < 1.29 is 0 Å². The Bertz CT molecular complexity index is 2440. The van der Waals surface area contributed by atoms with Crippen molar-refractivity contribution in [2.75, 3.05) is 0 Å². The molecule has 0 aliphatic rings. The third-order valence-corrected chi connectivity index (χ3v) is 8.68. The van der Waals surface area contributed by atoms with E-state index < -0.39 is 0 Å². The number of nitrogens with zero attached hydrogens (tertiary/aromatic N) is 2. The maximum atomic E-state index is 2.41. The first-order valence-electron chi connectivity index (χ1n) is 14.4. The summed E-state index contributed by atoms with van der Waals surface area (Å²) >= 11 is 0. The van der Waals surface area contributed by atoms with Gasteiger partial charge in [-0.05, 0) is 87.3 Å². The molecule has 2 nitrogen and oxygen atoms in total. The molecule has 0 fully saturated rings. The highest BCUT2D eigenvalue weighted by Gasteiger charge is 2.17. The van der Waals surface area contributed by atoms with E-state index in [-0.39, 0.29) is 0 Å². The fourth-order valence-corrected chi connectivity index (χ4v) is 6.67. The van der Waals surface area contributed by atoms with Crippen LogP contribution in [0.3, 0.4) is 0 Å². The lowest BCUT2D eigenvalue weighted by molar-refractivity contribution is 1.12. The highest BCUT2D eigenvalue weighted by Crippen LogP contribution is 2.38. The van der Waals surface area contributed by atoms with Gasteiger partial charge in [-0.25, -0.2) is 0 Å². The second-order valence-corrected chi connectivity index (χ2v) is 11.1. The molecule has 2 heteroatoms. The van der Waals surface area contributed by atoms with Crippen molar-refractivity contribution in [3.8, 4) is 22.5 Å². The van der Waals surface area contributed by atoms with Crippen LogP contribution in [0.4, 0.5) is 0 Å². The largest absolute Gasteiger partial charge is 0.315 e. The minimum Gasteiger partial charge on any atom is -0.315 e. The van der Waals surface area contributed by atoms with E-state index in [1.807, 2.05) is 0 Å². The first-order chi connectivity index (χ1) is 20.8. The molecule has 42 heavy (non-hydrogen) atoms. The fourth-order valence-electron chi connectivity index (χ4n) is 6.67. The normalized spacial score (nSPS) is 11.8. The van der Waals surface area contributed by atoms with Gasteiger partial charge in [-0.2, -0.15) is 0 Å².